The smallest absolute Gasteiger partial charge is 0.205 e. The summed E-state index contributed by atoms with van der Waals surface area (Å²) < 4.78 is 0. The molecule has 1 aliphatic heterocycles. The van der Waals surface area contributed by atoms with E-state index in [0.29, 0.717) is 0 Å². The van der Waals surface area contributed by atoms with Gasteiger partial charge < -0.3 is 9.80 Å². The average molecular weight is 261 g/mol. The van der Waals surface area contributed by atoms with Crippen molar-refractivity contribution in [3.63, 3.8) is 0 Å². The van der Waals surface area contributed by atoms with Crippen molar-refractivity contribution >= 4 is 11.9 Å². The van der Waals surface area contributed by atoms with Crippen LogP contribution in [0.3, 0.4) is 0 Å². The lowest BCUT2D eigenvalue weighted by Gasteiger charge is -2.35. The summed E-state index contributed by atoms with van der Waals surface area (Å²) in [5.74, 6) is 1.91. The van der Waals surface area contributed by atoms with Crippen LogP contribution in [0.15, 0.2) is 33.8 Å². The fourth-order valence-corrected chi connectivity index (χ4v) is 2.36. The Balaban J connectivity index is 2.12. The molecule has 1 heterocycles. The molecule has 0 aromatic rings. The zero-order valence-corrected chi connectivity index (χ0v) is 12.5. The van der Waals surface area contributed by atoms with Gasteiger partial charge in [-0.25, -0.2) is 9.98 Å². The SMILES string of the molecule is CC1N=C(N(C)C)N(C)C(N(C)CC2=CCC=C2)=N1. The van der Waals surface area contributed by atoms with Gasteiger partial charge in [-0.2, -0.15) is 0 Å². The Morgan fingerprint density at radius 1 is 1.26 bits per heavy atom. The van der Waals surface area contributed by atoms with Crippen molar-refractivity contribution < 1.29 is 0 Å². The minimum Gasteiger partial charge on any atom is -0.349 e. The van der Waals surface area contributed by atoms with Gasteiger partial charge in [0.1, 0.15) is 6.17 Å². The van der Waals surface area contributed by atoms with Crippen LogP contribution in [0.5, 0.6) is 0 Å². The predicted octanol–water partition coefficient (Wildman–Crippen LogP) is 1.37. The van der Waals surface area contributed by atoms with Gasteiger partial charge in [0.25, 0.3) is 0 Å². The number of likely N-dealkylation sites (N-methyl/N-ethyl adjacent to an activating group) is 1. The molecule has 5 nitrogen and oxygen atoms in total. The summed E-state index contributed by atoms with van der Waals surface area (Å²) in [6, 6.07) is 0. The van der Waals surface area contributed by atoms with E-state index in [-0.39, 0.29) is 6.17 Å². The first-order valence-corrected chi connectivity index (χ1v) is 6.62. The predicted molar refractivity (Wildman–Crippen MR) is 80.3 cm³/mol. The van der Waals surface area contributed by atoms with Gasteiger partial charge in [0, 0.05) is 34.7 Å². The Hall–Kier alpha value is -1.78. The molecule has 0 spiro atoms. The Labute approximate surface area is 115 Å². The molecular weight excluding hydrogens is 238 g/mol. The largest absolute Gasteiger partial charge is 0.349 e. The Morgan fingerprint density at radius 2 is 1.95 bits per heavy atom. The number of aliphatic imine (C=N–C) groups is 2. The molecule has 0 saturated heterocycles. The van der Waals surface area contributed by atoms with E-state index in [0.717, 1.165) is 24.9 Å². The zero-order valence-electron chi connectivity index (χ0n) is 12.5. The lowest BCUT2D eigenvalue weighted by molar-refractivity contribution is 0.428. The van der Waals surface area contributed by atoms with E-state index in [2.05, 4.69) is 40.2 Å². The van der Waals surface area contributed by atoms with Gasteiger partial charge in [0.15, 0.2) is 0 Å². The maximum atomic E-state index is 4.64. The molecule has 1 unspecified atom stereocenters. The van der Waals surface area contributed by atoms with E-state index < -0.39 is 0 Å². The molecule has 0 aromatic carbocycles. The number of guanidine groups is 2. The molecule has 104 valence electrons. The molecule has 0 saturated carbocycles. The van der Waals surface area contributed by atoms with Crippen LogP contribution in [0.4, 0.5) is 0 Å². The van der Waals surface area contributed by atoms with Gasteiger partial charge in [-0.1, -0.05) is 18.2 Å². The Morgan fingerprint density at radius 3 is 2.53 bits per heavy atom. The maximum Gasteiger partial charge on any atom is 0.205 e. The van der Waals surface area contributed by atoms with Crippen molar-refractivity contribution in [3.8, 4) is 0 Å². The lowest BCUT2D eigenvalue weighted by Crippen LogP contribution is -2.51. The second kappa shape index (κ2) is 5.47. The summed E-state index contributed by atoms with van der Waals surface area (Å²) in [5.41, 5.74) is 1.35. The molecule has 0 N–H and O–H groups in total. The van der Waals surface area contributed by atoms with Crippen molar-refractivity contribution in [2.75, 3.05) is 34.7 Å². The second-order valence-electron chi connectivity index (χ2n) is 5.22. The summed E-state index contributed by atoms with van der Waals surface area (Å²) in [6.07, 6.45) is 7.64. The Bertz CT molecular complexity index is 458. The summed E-state index contributed by atoms with van der Waals surface area (Å²) in [7, 11) is 8.10. The van der Waals surface area contributed by atoms with Crippen LogP contribution in [0.2, 0.25) is 0 Å². The molecule has 5 heteroatoms. The fourth-order valence-electron chi connectivity index (χ4n) is 2.36. The molecular formula is C14H23N5. The molecule has 19 heavy (non-hydrogen) atoms. The Kier molecular flexibility index (Phi) is 3.93. The third kappa shape index (κ3) is 2.97. The van der Waals surface area contributed by atoms with Crippen LogP contribution >= 0.6 is 0 Å². The van der Waals surface area contributed by atoms with Crippen LogP contribution in [0, 0.1) is 0 Å². The van der Waals surface area contributed by atoms with Crippen molar-refractivity contribution in [2.24, 2.45) is 9.98 Å². The highest BCUT2D eigenvalue weighted by molar-refractivity contribution is 5.99. The zero-order chi connectivity index (χ0) is 14.0. The first kappa shape index (κ1) is 13.6. The van der Waals surface area contributed by atoms with Gasteiger partial charge in [-0.15, -0.1) is 0 Å². The third-order valence-corrected chi connectivity index (χ3v) is 3.21. The molecule has 1 aliphatic carbocycles. The quantitative estimate of drug-likeness (QED) is 0.753. The van der Waals surface area contributed by atoms with Crippen LogP contribution < -0.4 is 0 Å². The monoisotopic (exact) mass is 261 g/mol. The van der Waals surface area contributed by atoms with Crippen molar-refractivity contribution in [3.05, 3.63) is 23.8 Å². The van der Waals surface area contributed by atoms with E-state index in [4.69, 9.17) is 0 Å². The minimum absolute atomic E-state index is 0.0286. The van der Waals surface area contributed by atoms with Crippen molar-refractivity contribution in [1.29, 1.82) is 0 Å². The summed E-state index contributed by atoms with van der Waals surface area (Å²) in [4.78, 5) is 15.4. The summed E-state index contributed by atoms with van der Waals surface area (Å²) >= 11 is 0. The van der Waals surface area contributed by atoms with Gasteiger partial charge >= 0.3 is 0 Å². The fraction of sp³-hybridized carbons (Fsp3) is 0.571. The molecule has 0 radical (unpaired) electrons. The van der Waals surface area contributed by atoms with Crippen molar-refractivity contribution in [1.82, 2.24) is 14.7 Å². The number of allylic oxidation sites excluding steroid dienone is 2. The minimum atomic E-state index is -0.0286. The molecule has 2 rings (SSSR count). The van der Waals surface area contributed by atoms with E-state index in [1.165, 1.54) is 5.57 Å². The highest BCUT2D eigenvalue weighted by atomic mass is 15.5. The number of hydrogen-bond donors (Lipinski definition) is 0. The average Bonchev–Trinajstić information content (AvgIpc) is 2.84. The lowest BCUT2D eigenvalue weighted by atomic mass is 10.3. The highest BCUT2D eigenvalue weighted by Crippen LogP contribution is 2.14. The van der Waals surface area contributed by atoms with Gasteiger partial charge in [-0.3, -0.25) is 4.90 Å². The maximum absolute atomic E-state index is 4.64. The van der Waals surface area contributed by atoms with Gasteiger partial charge in [-0.05, 0) is 18.9 Å². The van der Waals surface area contributed by atoms with Crippen LogP contribution in [-0.4, -0.2) is 67.5 Å². The number of rotatable bonds is 2. The van der Waals surface area contributed by atoms with Crippen LogP contribution in [-0.2, 0) is 0 Å². The number of hydrogen-bond acceptors (Lipinski definition) is 5. The van der Waals surface area contributed by atoms with E-state index in [1.807, 2.05) is 37.9 Å². The van der Waals surface area contributed by atoms with Crippen LogP contribution in [0.1, 0.15) is 13.3 Å². The topological polar surface area (TPSA) is 34.4 Å². The second-order valence-corrected chi connectivity index (χ2v) is 5.22. The molecule has 0 aromatic heterocycles. The first-order chi connectivity index (χ1) is 8.99. The van der Waals surface area contributed by atoms with Crippen LogP contribution in [0.25, 0.3) is 0 Å². The molecule has 0 bridgehead atoms. The highest BCUT2D eigenvalue weighted by Gasteiger charge is 2.24. The molecule has 0 amide bonds. The van der Waals surface area contributed by atoms with E-state index in [9.17, 15) is 0 Å². The number of nitrogens with zero attached hydrogens (tertiary/aromatic N) is 5. The van der Waals surface area contributed by atoms with E-state index in [1.54, 1.807) is 0 Å². The first-order valence-electron chi connectivity index (χ1n) is 6.62. The standard InChI is InChI=1S/C14H23N5/c1-11-15-13(17(2)3)19(5)14(16-11)18(4)10-12-8-6-7-9-12/h6,8-9,11H,7,10H2,1-5H3. The third-order valence-electron chi connectivity index (χ3n) is 3.21. The molecule has 0 fully saturated rings. The molecule has 1 atom stereocenters. The van der Waals surface area contributed by atoms with Gasteiger partial charge in [0.2, 0.25) is 11.9 Å². The molecule has 2 aliphatic rings. The van der Waals surface area contributed by atoms with E-state index >= 15 is 0 Å². The summed E-state index contributed by atoms with van der Waals surface area (Å²) in [6.45, 7) is 2.90. The van der Waals surface area contributed by atoms with Gasteiger partial charge in [0.05, 0.1) is 0 Å². The van der Waals surface area contributed by atoms with Crippen molar-refractivity contribution in [2.45, 2.75) is 19.5 Å². The normalized spacial score (nSPS) is 22.1. The summed E-state index contributed by atoms with van der Waals surface area (Å²) in [5, 5.41) is 0.